The third-order valence-electron chi connectivity index (χ3n) is 4.25. The number of aryl methyl sites for hydroxylation is 1. The molecule has 4 heteroatoms. The highest BCUT2D eigenvalue weighted by molar-refractivity contribution is 5.10. The molecule has 2 rings (SSSR count). The fraction of sp³-hybridized carbons (Fsp3) is 0.800. The third-order valence-corrected chi connectivity index (χ3v) is 4.25. The van der Waals surface area contributed by atoms with Gasteiger partial charge in [-0.15, -0.1) is 0 Å². The minimum Gasteiger partial charge on any atom is -0.389 e. The number of nitrogens with zero attached hydrogens (tertiary/aromatic N) is 2. The van der Waals surface area contributed by atoms with E-state index in [0.29, 0.717) is 12.6 Å². The van der Waals surface area contributed by atoms with E-state index in [1.54, 1.807) is 0 Å². The lowest BCUT2D eigenvalue weighted by Crippen LogP contribution is -2.41. The van der Waals surface area contributed by atoms with E-state index in [1.807, 2.05) is 17.9 Å². The number of rotatable bonds is 5. The van der Waals surface area contributed by atoms with Crippen LogP contribution in [-0.4, -0.2) is 27.0 Å². The highest BCUT2D eigenvalue weighted by Crippen LogP contribution is 2.27. The number of aliphatic hydroxyl groups is 1. The van der Waals surface area contributed by atoms with Crippen molar-refractivity contribution in [3.05, 3.63) is 18.0 Å². The van der Waals surface area contributed by atoms with E-state index in [9.17, 15) is 5.11 Å². The lowest BCUT2D eigenvalue weighted by Gasteiger charge is -2.29. The fourth-order valence-electron chi connectivity index (χ4n) is 2.99. The van der Waals surface area contributed by atoms with Crippen LogP contribution >= 0.6 is 0 Å². The van der Waals surface area contributed by atoms with E-state index < -0.39 is 5.60 Å². The van der Waals surface area contributed by atoms with Crippen LogP contribution < -0.4 is 5.32 Å². The van der Waals surface area contributed by atoms with Crippen LogP contribution in [0.1, 0.15) is 63.5 Å². The zero-order valence-corrected chi connectivity index (χ0v) is 12.2. The Hall–Kier alpha value is -0.870. The third kappa shape index (κ3) is 4.05. The monoisotopic (exact) mass is 265 g/mol. The predicted molar refractivity (Wildman–Crippen MR) is 76.9 cm³/mol. The summed E-state index contributed by atoms with van der Waals surface area (Å²) in [6, 6.07) is 0.293. The van der Waals surface area contributed by atoms with Crippen molar-refractivity contribution in [2.45, 2.75) is 63.5 Å². The first kappa shape index (κ1) is 14.5. The Balaban J connectivity index is 1.91. The number of aromatic nitrogens is 2. The number of nitrogens with one attached hydrogen (secondary N) is 1. The van der Waals surface area contributed by atoms with Crippen LogP contribution in [0.15, 0.2) is 12.4 Å². The molecule has 108 valence electrons. The molecule has 19 heavy (non-hydrogen) atoms. The molecule has 1 saturated carbocycles. The summed E-state index contributed by atoms with van der Waals surface area (Å²) in [6.45, 7) is 2.86. The van der Waals surface area contributed by atoms with Gasteiger partial charge in [-0.3, -0.25) is 4.68 Å². The molecule has 0 radical (unpaired) electrons. The van der Waals surface area contributed by atoms with Crippen molar-refractivity contribution >= 4 is 0 Å². The molecule has 0 bridgehead atoms. The normalized spacial score (nSPS) is 21.0. The van der Waals surface area contributed by atoms with E-state index in [1.165, 1.54) is 18.4 Å². The Kier molecular flexibility index (Phi) is 4.99. The summed E-state index contributed by atoms with van der Waals surface area (Å²) in [6.07, 6.45) is 11.7. The van der Waals surface area contributed by atoms with Gasteiger partial charge in [0.15, 0.2) is 0 Å². The first-order valence-electron chi connectivity index (χ1n) is 7.57. The molecule has 1 unspecified atom stereocenters. The van der Waals surface area contributed by atoms with Crippen LogP contribution in [-0.2, 0) is 7.05 Å². The second-order valence-corrected chi connectivity index (χ2v) is 5.93. The van der Waals surface area contributed by atoms with Gasteiger partial charge < -0.3 is 10.4 Å². The Morgan fingerprint density at radius 1 is 1.37 bits per heavy atom. The van der Waals surface area contributed by atoms with Crippen molar-refractivity contribution in [1.82, 2.24) is 15.1 Å². The predicted octanol–water partition coefficient (Wildman–Crippen LogP) is 2.55. The SMILES string of the molecule is CCC(NCC1(O)CCCCCC1)c1cnn(C)c1. The molecular weight excluding hydrogens is 238 g/mol. The quantitative estimate of drug-likeness (QED) is 0.804. The van der Waals surface area contributed by atoms with Gasteiger partial charge in [0.1, 0.15) is 0 Å². The Morgan fingerprint density at radius 2 is 2.05 bits per heavy atom. The van der Waals surface area contributed by atoms with Gasteiger partial charge in [0, 0.05) is 31.4 Å². The van der Waals surface area contributed by atoms with Gasteiger partial charge in [-0.25, -0.2) is 0 Å². The van der Waals surface area contributed by atoms with E-state index in [2.05, 4.69) is 23.5 Å². The zero-order valence-electron chi connectivity index (χ0n) is 12.2. The lowest BCUT2D eigenvalue weighted by atomic mass is 9.93. The lowest BCUT2D eigenvalue weighted by molar-refractivity contribution is 0.0225. The molecule has 4 nitrogen and oxygen atoms in total. The second kappa shape index (κ2) is 6.53. The van der Waals surface area contributed by atoms with Crippen molar-refractivity contribution in [3.63, 3.8) is 0 Å². The van der Waals surface area contributed by atoms with E-state index in [4.69, 9.17) is 0 Å². The molecule has 1 atom stereocenters. The van der Waals surface area contributed by atoms with Crippen molar-refractivity contribution in [3.8, 4) is 0 Å². The van der Waals surface area contributed by atoms with Crippen molar-refractivity contribution in [1.29, 1.82) is 0 Å². The fourth-order valence-corrected chi connectivity index (χ4v) is 2.99. The summed E-state index contributed by atoms with van der Waals surface area (Å²) in [5.74, 6) is 0. The number of hydrogen-bond donors (Lipinski definition) is 2. The Morgan fingerprint density at radius 3 is 2.58 bits per heavy atom. The molecule has 0 aliphatic heterocycles. The molecule has 0 aromatic carbocycles. The minimum absolute atomic E-state index is 0.293. The van der Waals surface area contributed by atoms with Gasteiger partial charge in [0.2, 0.25) is 0 Å². The van der Waals surface area contributed by atoms with Crippen LogP contribution in [0.3, 0.4) is 0 Å². The molecule has 1 aliphatic carbocycles. The average molecular weight is 265 g/mol. The van der Waals surface area contributed by atoms with Crippen LogP contribution in [0.25, 0.3) is 0 Å². The van der Waals surface area contributed by atoms with Gasteiger partial charge in [-0.2, -0.15) is 5.10 Å². The maximum atomic E-state index is 10.7. The van der Waals surface area contributed by atoms with Gasteiger partial charge in [0.05, 0.1) is 11.8 Å². The van der Waals surface area contributed by atoms with Gasteiger partial charge >= 0.3 is 0 Å². The summed E-state index contributed by atoms with van der Waals surface area (Å²) in [4.78, 5) is 0. The van der Waals surface area contributed by atoms with Crippen molar-refractivity contribution in [2.24, 2.45) is 7.05 Å². The molecule has 2 N–H and O–H groups in total. The molecule has 0 saturated heterocycles. The van der Waals surface area contributed by atoms with Crippen LogP contribution in [0.2, 0.25) is 0 Å². The highest BCUT2D eigenvalue weighted by Gasteiger charge is 2.28. The van der Waals surface area contributed by atoms with E-state index >= 15 is 0 Å². The first-order valence-corrected chi connectivity index (χ1v) is 7.57. The molecule has 1 aromatic heterocycles. The van der Waals surface area contributed by atoms with Gasteiger partial charge in [0.25, 0.3) is 0 Å². The van der Waals surface area contributed by atoms with Crippen LogP contribution in [0, 0.1) is 0 Å². The molecule has 1 aromatic rings. The molecule has 1 fully saturated rings. The molecule has 0 amide bonds. The minimum atomic E-state index is -0.508. The smallest absolute Gasteiger partial charge is 0.0771 e. The first-order chi connectivity index (χ1) is 9.13. The largest absolute Gasteiger partial charge is 0.389 e. The zero-order chi connectivity index (χ0) is 13.7. The number of hydrogen-bond acceptors (Lipinski definition) is 3. The summed E-state index contributed by atoms with van der Waals surface area (Å²) in [7, 11) is 1.94. The standard InChI is InChI=1S/C15H27N3O/c1-3-14(13-10-17-18(2)11-13)16-12-15(19)8-6-4-5-7-9-15/h10-11,14,16,19H,3-9,12H2,1-2H3. The van der Waals surface area contributed by atoms with Crippen molar-refractivity contribution < 1.29 is 5.11 Å². The summed E-state index contributed by atoms with van der Waals surface area (Å²) >= 11 is 0. The Bertz CT molecular complexity index is 380. The second-order valence-electron chi connectivity index (χ2n) is 5.93. The van der Waals surface area contributed by atoms with Crippen molar-refractivity contribution in [2.75, 3.05) is 6.54 Å². The maximum Gasteiger partial charge on any atom is 0.0771 e. The summed E-state index contributed by atoms with van der Waals surface area (Å²) < 4.78 is 1.83. The summed E-state index contributed by atoms with van der Waals surface area (Å²) in [5.41, 5.74) is 0.703. The Labute approximate surface area is 116 Å². The van der Waals surface area contributed by atoms with Gasteiger partial charge in [-0.1, -0.05) is 32.6 Å². The average Bonchev–Trinajstić information content (AvgIpc) is 2.69. The maximum absolute atomic E-state index is 10.7. The van der Waals surface area contributed by atoms with Gasteiger partial charge in [-0.05, 0) is 19.3 Å². The molecule has 1 aliphatic rings. The highest BCUT2D eigenvalue weighted by atomic mass is 16.3. The molecule has 1 heterocycles. The summed E-state index contributed by atoms with van der Waals surface area (Å²) in [5, 5.41) is 18.4. The van der Waals surface area contributed by atoms with Crippen LogP contribution in [0.5, 0.6) is 0 Å². The molecular formula is C15H27N3O. The van der Waals surface area contributed by atoms with E-state index in [-0.39, 0.29) is 0 Å². The molecule has 0 spiro atoms. The van der Waals surface area contributed by atoms with Crippen LogP contribution in [0.4, 0.5) is 0 Å². The topological polar surface area (TPSA) is 50.1 Å². The van der Waals surface area contributed by atoms with E-state index in [0.717, 1.165) is 32.1 Å².